The van der Waals surface area contributed by atoms with E-state index in [1.807, 2.05) is 78.5 Å². The lowest BCUT2D eigenvalue weighted by atomic mass is 10.1. The molecule has 4 heteroatoms. The van der Waals surface area contributed by atoms with Crippen LogP contribution in [0.15, 0.2) is 91.1 Å². The first-order chi connectivity index (χ1) is 14.6. The zero-order valence-electron chi connectivity index (χ0n) is 17.0. The van der Waals surface area contributed by atoms with Crippen LogP contribution < -0.4 is 5.32 Å². The maximum Gasteiger partial charge on any atom is 0.248 e. The molecule has 0 radical (unpaired) electrons. The van der Waals surface area contributed by atoms with Gasteiger partial charge in [-0.1, -0.05) is 65.7 Å². The number of anilines is 1. The van der Waals surface area contributed by atoms with Gasteiger partial charge in [0.2, 0.25) is 5.91 Å². The number of carbonyl (C=O) groups is 1. The molecule has 0 aliphatic heterocycles. The van der Waals surface area contributed by atoms with E-state index in [9.17, 15) is 4.79 Å². The van der Waals surface area contributed by atoms with E-state index in [0.29, 0.717) is 0 Å². The summed E-state index contributed by atoms with van der Waals surface area (Å²) in [6.45, 7) is 4.07. The molecule has 0 spiro atoms. The number of aryl methyl sites for hydroxylation is 2. The fourth-order valence-electron chi connectivity index (χ4n) is 3.14. The highest BCUT2D eigenvalue weighted by Gasteiger charge is 2.11. The van der Waals surface area contributed by atoms with Crippen LogP contribution in [0.3, 0.4) is 0 Å². The third kappa shape index (κ3) is 4.55. The van der Waals surface area contributed by atoms with Crippen LogP contribution in [0.4, 0.5) is 5.69 Å². The summed E-state index contributed by atoms with van der Waals surface area (Å²) < 4.78 is 1.84. The normalized spacial score (nSPS) is 11.0. The second kappa shape index (κ2) is 8.62. The van der Waals surface area contributed by atoms with Crippen LogP contribution in [0.25, 0.3) is 23.0 Å². The highest BCUT2D eigenvalue weighted by molar-refractivity contribution is 6.02. The maximum absolute atomic E-state index is 12.4. The van der Waals surface area contributed by atoms with Crippen molar-refractivity contribution in [3.8, 4) is 16.9 Å². The molecule has 1 heterocycles. The van der Waals surface area contributed by atoms with Crippen molar-refractivity contribution in [2.45, 2.75) is 13.8 Å². The molecule has 4 rings (SSSR count). The number of aromatic nitrogens is 2. The van der Waals surface area contributed by atoms with Gasteiger partial charge in [0.05, 0.1) is 11.4 Å². The molecular formula is C26H23N3O. The molecular weight excluding hydrogens is 370 g/mol. The fraction of sp³-hybridized carbons (Fsp3) is 0.0769. The number of hydrogen-bond acceptors (Lipinski definition) is 2. The Morgan fingerprint density at radius 1 is 0.867 bits per heavy atom. The summed E-state index contributed by atoms with van der Waals surface area (Å²) in [5.41, 5.74) is 6.80. The highest BCUT2D eigenvalue weighted by atomic mass is 16.1. The van der Waals surface area contributed by atoms with Gasteiger partial charge in [0.25, 0.3) is 0 Å². The van der Waals surface area contributed by atoms with Crippen LogP contribution in [0.1, 0.15) is 16.7 Å². The monoisotopic (exact) mass is 393 g/mol. The van der Waals surface area contributed by atoms with Crippen molar-refractivity contribution >= 4 is 17.7 Å². The van der Waals surface area contributed by atoms with Crippen molar-refractivity contribution in [2.24, 2.45) is 0 Å². The number of amides is 1. The molecule has 0 saturated carbocycles. The lowest BCUT2D eigenvalue weighted by Gasteiger charge is -2.02. The highest BCUT2D eigenvalue weighted by Crippen LogP contribution is 2.25. The standard InChI is InChI=1S/C26H23N3O/c1-19-8-12-21(13-9-19)26-22(18-29(28-26)24-6-4-3-5-7-24)14-17-25(30)27-23-15-10-20(2)11-16-23/h3-18H,1-2H3,(H,27,30)/b17-14+. The topological polar surface area (TPSA) is 46.9 Å². The van der Waals surface area contributed by atoms with Crippen LogP contribution in [0, 0.1) is 13.8 Å². The van der Waals surface area contributed by atoms with Crippen molar-refractivity contribution in [2.75, 3.05) is 5.32 Å². The lowest BCUT2D eigenvalue weighted by Crippen LogP contribution is -2.07. The third-order valence-electron chi connectivity index (χ3n) is 4.82. The Morgan fingerprint density at radius 3 is 2.17 bits per heavy atom. The minimum atomic E-state index is -0.179. The first-order valence-corrected chi connectivity index (χ1v) is 9.86. The van der Waals surface area contributed by atoms with Crippen molar-refractivity contribution < 1.29 is 4.79 Å². The Bertz CT molecular complexity index is 1170. The molecule has 30 heavy (non-hydrogen) atoms. The number of para-hydroxylation sites is 1. The second-order valence-corrected chi connectivity index (χ2v) is 7.27. The minimum absolute atomic E-state index is 0.179. The molecule has 4 nitrogen and oxygen atoms in total. The van der Waals surface area contributed by atoms with E-state index < -0.39 is 0 Å². The largest absolute Gasteiger partial charge is 0.323 e. The molecule has 1 amide bonds. The molecule has 0 bridgehead atoms. The Labute approximate surface area is 176 Å². The first kappa shape index (κ1) is 19.4. The molecule has 0 atom stereocenters. The number of nitrogens with zero attached hydrogens (tertiary/aromatic N) is 2. The summed E-state index contributed by atoms with van der Waals surface area (Å²) in [6, 6.07) is 25.9. The number of hydrogen-bond donors (Lipinski definition) is 1. The third-order valence-corrected chi connectivity index (χ3v) is 4.82. The molecule has 3 aromatic carbocycles. The van der Waals surface area contributed by atoms with E-state index in [-0.39, 0.29) is 5.91 Å². The molecule has 1 N–H and O–H groups in total. The SMILES string of the molecule is Cc1ccc(NC(=O)/C=C/c2cn(-c3ccccc3)nc2-c2ccc(C)cc2)cc1. The number of nitrogens with one attached hydrogen (secondary N) is 1. The Kier molecular flexibility index (Phi) is 5.57. The van der Waals surface area contributed by atoms with E-state index >= 15 is 0 Å². The van der Waals surface area contributed by atoms with Gasteiger partial charge in [0.1, 0.15) is 0 Å². The van der Waals surface area contributed by atoms with Gasteiger partial charge < -0.3 is 5.32 Å². The number of benzene rings is 3. The van der Waals surface area contributed by atoms with Crippen LogP contribution in [0.2, 0.25) is 0 Å². The van der Waals surface area contributed by atoms with Crippen molar-refractivity contribution in [3.05, 3.63) is 108 Å². The second-order valence-electron chi connectivity index (χ2n) is 7.27. The molecule has 0 aliphatic carbocycles. The van der Waals surface area contributed by atoms with Gasteiger partial charge in [-0.05, 0) is 44.2 Å². The van der Waals surface area contributed by atoms with E-state index in [1.165, 1.54) is 5.56 Å². The minimum Gasteiger partial charge on any atom is -0.323 e. The summed E-state index contributed by atoms with van der Waals surface area (Å²) in [6.07, 6.45) is 5.30. The summed E-state index contributed by atoms with van der Waals surface area (Å²) in [7, 11) is 0. The van der Waals surface area contributed by atoms with Crippen molar-refractivity contribution in [1.29, 1.82) is 0 Å². The van der Waals surface area contributed by atoms with Crippen LogP contribution >= 0.6 is 0 Å². The maximum atomic E-state index is 12.4. The average molecular weight is 393 g/mol. The summed E-state index contributed by atoms with van der Waals surface area (Å²) in [5, 5.41) is 7.68. The van der Waals surface area contributed by atoms with Crippen LogP contribution in [-0.2, 0) is 4.79 Å². The molecule has 0 fully saturated rings. The number of rotatable bonds is 5. The van der Waals surface area contributed by atoms with Crippen LogP contribution in [0.5, 0.6) is 0 Å². The Balaban J connectivity index is 1.64. The van der Waals surface area contributed by atoms with Gasteiger partial charge in [-0.3, -0.25) is 4.79 Å². The van der Waals surface area contributed by atoms with Gasteiger partial charge in [-0.25, -0.2) is 4.68 Å². The Morgan fingerprint density at radius 2 is 1.50 bits per heavy atom. The zero-order chi connectivity index (χ0) is 20.9. The predicted octanol–water partition coefficient (Wildman–Crippen LogP) is 5.81. The quantitative estimate of drug-likeness (QED) is 0.435. The molecule has 0 saturated heterocycles. The molecule has 148 valence electrons. The Hall–Kier alpha value is -3.92. The number of carbonyl (C=O) groups excluding carboxylic acids is 1. The summed E-state index contributed by atoms with van der Waals surface area (Å²) >= 11 is 0. The van der Waals surface area contributed by atoms with E-state index in [0.717, 1.165) is 33.8 Å². The average Bonchev–Trinajstić information content (AvgIpc) is 3.19. The predicted molar refractivity (Wildman–Crippen MR) is 123 cm³/mol. The van der Waals surface area contributed by atoms with Gasteiger partial charge in [-0.15, -0.1) is 0 Å². The van der Waals surface area contributed by atoms with Crippen LogP contribution in [-0.4, -0.2) is 15.7 Å². The van der Waals surface area contributed by atoms with E-state index in [4.69, 9.17) is 5.10 Å². The summed E-state index contributed by atoms with van der Waals surface area (Å²) in [5.74, 6) is -0.179. The first-order valence-electron chi connectivity index (χ1n) is 9.86. The zero-order valence-corrected chi connectivity index (χ0v) is 17.0. The van der Waals surface area contributed by atoms with Gasteiger partial charge in [0, 0.05) is 29.1 Å². The van der Waals surface area contributed by atoms with Gasteiger partial charge >= 0.3 is 0 Å². The van der Waals surface area contributed by atoms with Gasteiger partial charge in [-0.2, -0.15) is 5.10 Å². The molecule has 0 aliphatic rings. The fourth-order valence-corrected chi connectivity index (χ4v) is 3.14. The molecule has 0 unspecified atom stereocenters. The van der Waals surface area contributed by atoms with Crippen molar-refractivity contribution in [1.82, 2.24) is 9.78 Å². The lowest BCUT2D eigenvalue weighted by molar-refractivity contribution is -0.111. The van der Waals surface area contributed by atoms with Crippen molar-refractivity contribution in [3.63, 3.8) is 0 Å². The molecule has 1 aromatic heterocycles. The van der Waals surface area contributed by atoms with Gasteiger partial charge in [0.15, 0.2) is 0 Å². The van der Waals surface area contributed by atoms with E-state index in [2.05, 4.69) is 36.5 Å². The smallest absolute Gasteiger partial charge is 0.248 e. The van der Waals surface area contributed by atoms with E-state index in [1.54, 1.807) is 6.08 Å². The summed E-state index contributed by atoms with van der Waals surface area (Å²) in [4.78, 5) is 12.4. The molecule has 4 aromatic rings.